The molecule has 0 atom stereocenters. The normalized spacial score (nSPS) is 13.3. The van der Waals surface area contributed by atoms with Gasteiger partial charge in [-0.05, 0) is 36.8 Å². The Balaban J connectivity index is 1.20. The predicted molar refractivity (Wildman–Crippen MR) is 201 cm³/mol. The molecule has 6 aromatic rings. The van der Waals surface area contributed by atoms with Crippen molar-refractivity contribution >= 4 is 57.7 Å². The minimum Gasteiger partial charge on any atom is -0.491 e. The summed E-state index contributed by atoms with van der Waals surface area (Å²) in [5.74, 6) is -1.78. The Morgan fingerprint density at radius 1 is 0.786 bits per heavy atom. The first-order valence-electron chi connectivity index (χ1n) is 17.5. The number of anilines is 2. The second-order valence-corrected chi connectivity index (χ2v) is 12.5. The van der Waals surface area contributed by atoms with Gasteiger partial charge >= 0.3 is 0 Å². The van der Waals surface area contributed by atoms with Crippen LogP contribution in [0, 0.1) is 0 Å². The highest BCUT2D eigenvalue weighted by Crippen LogP contribution is 2.31. The number of ether oxygens (including phenoxy) is 2. The van der Waals surface area contributed by atoms with Crippen LogP contribution in [0.15, 0.2) is 73.7 Å². The molecule has 56 heavy (non-hydrogen) atoms. The fourth-order valence-electron chi connectivity index (χ4n) is 6.01. The summed E-state index contributed by atoms with van der Waals surface area (Å²) in [5, 5.41) is 5.57. The van der Waals surface area contributed by atoms with Crippen molar-refractivity contribution in [2.24, 2.45) is 11.5 Å². The van der Waals surface area contributed by atoms with Gasteiger partial charge in [0.05, 0.1) is 30.9 Å². The topological polar surface area (TPSA) is 266 Å². The van der Waals surface area contributed by atoms with Crippen LogP contribution in [0.3, 0.4) is 0 Å². The monoisotopic (exact) mass is 760 g/mol. The van der Waals surface area contributed by atoms with Crippen molar-refractivity contribution in [3.05, 3.63) is 96.2 Å². The maximum absolute atomic E-state index is 13.3. The second-order valence-electron chi connectivity index (χ2n) is 12.5. The van der Waals surface area contributed by atoms with Crippen LogP contribution in [0.4, 0.5) is 11.9 Å². The largest absolute Gasteiger partial charge is 0.491 e. The van der Waals surface area contributed by atoms with Crippen LogP contribution in [0.2, 0.25) is 0 Å². The number of morpholine rings is 1. The third-order valence-corrected chi connectivity index (χ3v) is 8.76. The number of nitrogens with two attached hydrogens (primary N) is 2. The summed E-state index contributed by atoms with van der Waals surface area (Å²) in [6.45, 7) is 4.49. The van der Waals surface area contributed by atoms with Crippen LogP contribution in [0.5, 0.6) is 5.75 Å². The molecule has 20 heteroatoms. The molecule has 286 valence electrons. The summed E-state index contributed by atoms with van der Waals surface area (Å²) in [6.07, 6.45) is 11.0. The van der Waals surface area contributed by atoms with E-state index in [-0.39, 0.29) is 47.5 Å². The molecule has 20 nitrogen and oxygen atoms in total. The van der Waals surface area contributed by atoms with E-state index in [0.29, 0.717) is 54.2 Å². The fraction of sp³-hybridized carbons (Fsp3) is 0.250. The van der Waals surface area contributed by atoms with Crippen molar-refractivity contribution in [1.29, 1.82) is 0 Å². The van der Waals surface area contributed by atoms with Gasteiger partial charge in [-0.1, -0.05) is 12.2 Å². The lowest BCUT2D eigenvalue weighted by Crippen LogP contribution is -2.37. The third kappa shape index (κ3) is 8.45. The van der Waals surface area contributed by atoms with Crippen molar-refractivity contribution in [2.75, 3.05) is 50.1 Å². The van der Waals surface area contributed by atoms with E-state index in [0.717, 1.165) is 19.6 Å². The van der Waals surface area contributed by atoms with Crippen molar-refractivity contribution in [3.63, 3.8) is 0 Å². The maximum atomic E-state index is 13.3. The molecule has 0 radical (unpaired) electrons. The molecule has 1 aliphatic rings. The van der Waals surface area contributed by atoms with Crippen LogP contribution in [-0.4, -0.2) is 112 Å². The van der Waals surface area contributed by atoms with Gasteiger partial charge in [0.15, 0.2) is 5.65 Å². The maximum Gasteiger partial charge on any atom is 0.276 e. The van der Waals surface area contributed by atoms with Gasteiger partial charge in [0.25, 0.3) is 11.8 Å². The predicted octanol–water partition coefficient (Wildman–Crippen LogP) is 1.42. The number of nitrogens with zero attached hydrogens (tertiary/aromatic N) is 10. The molecule has 0 aliphatic carbocycles. The van der Waals surface area contributed by atoms with Crippen LogP contribution < -0.4 is 26.8 Å². The van der Waals surface area contributed by atoms with Gasteiger partial charge < -0.3 is 25.5 Å². The lowest BCUT2D eigenvalue weighted by atomic mass is 10.1. The Morgan fingerprint density at radius 2 is 1.39 bits per heavy atom. The summed E-state index contributed by atoms with van der Waals surface area (Å²) in [6, 6.07) is 7.51. The van der Waals surface area contributed by atoms with E-state index in [2.05, 4.69) is 50.4 Å². The van der Waals surface area contributed by atoms with Gasteiger partial charge in [0.2, 0.25) is 23.7 Å². The van der Waals surface area contributed by atoms with E-state index in [4.69, 9.17) is 20.9 Å². The van der Waals surface area contributed by atoms with E-state index < -0.39 is 23.6 Å². The number of primary amides is 2. The van der Waals surface area contributed by atoms with Crippen molar-refractivity contribution in [2.45, 2.75) is 19.5 Å². The summed E-state index contributed by atoms with van der Waals surface area (Å²) in [4.78, 5) is 82.3. The molecule has 1 fully saturated rings. The number of imidazole rings is 2. The standard InChI is InChI=1S/C36H36N14O6/c37-30(51)22-16-26-29(28(18-22)56-13-3-8-48-11-14-55-15-12-48)49(35(44-26)46-33(53)24-4-6-39-20-42-24)9-1-2-10-50-32-27(17-23(19-41-32)31(38)52)45-36(50)47-34(54)25-5-7-40-21-43-25/h1-2,4-7,16-21H,3,8-15H2,(H2,37,51)(H2,38,52)(H,44,46,53)(H,45,47,54)/b2-1+. The Kier molecular flexibility index (Phi) is 11.2. The average Bonchev–Trinajstić information content (AvgIpc) is 3.74. The molecule has 4 amide bonds. The molecule has 0 spiro atoms. The average molecular weight is 761 g/mol. The number of benzene rings is 1. The summed E-state index contributed by atoms with van der Waals surface area (Å²) >= 11 is 0. The van der Waals surface area contributed by atoms with Gasteiger partial charge in [0.1, 0.15) is 40.8 Å². The smallest absolute Gasteiger partial charge is 0.276 e. The first kappa shape index (κ1) is 37.1. The zero-order valence-electron chi connectivity index (χ0n) is 29.9. The lowest BCUT2D eigenvalue weighted by Gasteiger charge is -2.26. The van der Waals surface area contributed by atoms with Gasteiger partial charge in [-0.25, -0.2) is 34.9 Å². The highest BCUT2D eigenvalue weighted by molar-refractivity contribution is 6.04. The molecule has 0 saturated carbocycles. The van der Waals surface area contributed by atoms with Crippen LogP contribution in [0.25, 0.3) is 22.2 Å². The quantitative estimate of drug-likeness (QED) is 0.0852. The van der Waals surface area contributed by atoms with Gasteiger partial charge in [-0.3, -0.25) is 39.3 Å². The number of carbonyl (C=O) groups is 4. The van der Waals surface area contributed by atoms with Crippen molar-refractivity contribution in [3.8, 4) is 5.75 Å². The lowest BCUT2D eigenvalue weighted by molar-refractivity contribution is 0.0358. The van der Waals surface area contributed by atoms with Gasteiger partial charge in [-0.15, -0.1) is 0 Å². The molecule has 5 aromatic heterocycles. The molecule has 7 rings (SSSR count). The van der Waals surface area contributed by atoms with Gasteiger partial charge in [-0.2, -0.15) is 0 Å². The van der Waals surface area contributed by atoms with Crippen LogP contribution >= 0.6 is 0 Å². The van der Waals surface area contributed by atoms with Crippen molar-refractivity contribution in [1.82, 2.24) is 48.9 Å². The number of carbonyl (C=O) groups excluding carboxylic acids is 4. The number of rotatable bonds is 15. The Hall–Kier alpha value is -7.19. The molecule has 6 N–H and O–H groups in total. The first-order valence-corrected chi connectivity index (χ1v) is 17.5. The minimum atomic E-state index is -0.681. The molecule has 6 heterocycles. The first-order chi connectivity index (χ1) is 27.2. The number of hydrogen-bond donors (Lipinski definition) is 4. The zero-order valence-corrected chi connectivity index (χ0v) is 29.9. The number of pyridine rings is 1. The molecular formula is C36H36N14O6. The number of hydrogen-bond acceptors (Lipinski definition) is 14. The summed E-state index contributed by atoms with van der Waals surface area (Å²) < 4.78 is 15.1. The summed E-state index contributed by atoms with van der Waals surface area (Å²) in [7, 11) is 0. The Bertz CT molecular complexity index is 2430. The number of aromatic nitrogens is 9. The molecule has 0 unspecified atom stereocenters. The van der Waals surface area contributed by atoms with Crippen molar-refractivity contribution < 1.29 is 28.7 Å². The number of allylic oxidation sites excluding steroid dienone is 2. The van der Waals surface area contributed by atoms with E-state index in [1.54, 1.807) is 21.3 Å². The van der Waals surface area contributed by atoms with E-state index >= 15 is 0 Å². The molecule has 1 saturated heterocycles. The molecule has 0 bridgehead atoms. The molecule has 1 aliphatic heterocycles. The van der Waals surface area contributed by atoms with Gasteiger partial charge in [0, 0.05) is 56.9 Å². The van der Waals surface area contributed by atoms with E-state index in [1.165, 1.54) is 55.5 Å². The molecule has 1 aromatic carbocycles. The minimum absolute atomic E-state index is 0.113. The third-order valence-electron chi connectivity index (χ3n) is 8.76. The van der Waals surface area contributed by atoms with E-state index in [9.17, 15) is 19.2 Å². The highest BCUT2D eigenvalue weighted by atomic mass is 16.5. The number of nitrogens with one attached hydrogen (secondary N) is 2. The number of amides is 4. The zero-order chi connectivity index (χ0) is 39.0. The highest BCUT2D eigenvalue weighted by Gasteiger charge is 2.21. The van der Waals surface area contributed by atoms with Crippen LogP contribution in [-0.2, 0) is 17.8 Å². The summed E-state index contributed by atoms with van der Waals surface area (Å²) in [5.41, 5.74) is 13.3. The molecular weight excluding hydrogens is 724 g/mol. The Labute approximate surface area is 318 Å². The number of fused-ring (bicyclic) bond motifs is 2. The SMILES string of the molecule is NC(=O)c1cnc2c(c1)nc(NC(=O)c1ccncn1)n2C/C=C/Cn1c(NC(=O)c2ccncn2)nc2cc(C(N)=O)cc(OCCCN3CCOCC3)c21. The fourth-order valence-corrected chi connectivity index (χ4v) is 6.01. The second kappa shape index (κ2) is 16.9. The van der Waals surface area contributed by atoms with Crippen LogP contribution in [0.1, 0.15) is 48.1 Å². The van der Waals surface area contributed by atoms with E-state index in [1.807, 2.05) is 6.08 Å². The Morgan fingerprint density at radius 3 is 2.02 bits per heavy atom.